The van der Waals surface area contributed by atoms with Gasteiger partial charge >= 0.3 is 0 Å². The van der Waals surface area contributed by atoms with E-state index in [0.717, 1.165) is 200 Å². The number of carbonyl (C=O) groups is 4. The van der Waals surface area contributed by atoms with Crippen LogP contribution < -0.4 is 18.9 Å². The van der Waals surface area contributed by atoms with Crippen molar-refractivity contribution in [1.82, 2.24) is 19.6 Å². The second kappa shape index (κ2) is 36.5. The van der Waals surface area contributed by atoms with Crippen molar-refractivity contribution in [2.24, 2.45) is 23.7 Å². The van der Waals surface area contributed by atoms with E-state index in [4.69, 9.17) is 80.2 Å². The van der Waals surface area contributed by atoms with Crippen molar-refractivity contribution in [3.63, 3.8) is 0 Å². The molecule has 0 atom stereocenters. The van der Waals surface area contributed by atoms with E-state index in [1.807, 2.05) is 40.3 Å². The number of nitrogens with one attached hydrogen (secondary N) is 4. The Morgan fingerprint density at radius 1 is 0.390 bits per heavy atom. The van der Waals surface area contributed by atoms with Crippen molar-refractivity contribution in [2.45, 2.75) is 105 Å². The normalized spacial score (nSPS) is 13.9. The molecular formula is C62H90N8O12. The van der Waals surface area contributed by atoms with E-state index in [1.165, 1.54) is 0 Å². The number of ether oxygens (including phenoxy) is 4. The second-order valence-electron chi connectivity index (χ2n) is 21.0. The first-order chi connectivity index (χ1) is 38.9. The lowest BCUT2D eigenvalue weighted by atomic mass is 10.1. The second-order valence-corrected chi connectivity index (χ2v) is 21.0. The molecule has 7 rings (SSSR count). The zero-order valence-electron chi connectivity index (χ0n) is 49.4. The number of aliphatic carboxylic acids is 4. The molecule has 4 aliphatic rings. The Labute approximate surface area is 484 Å². The number of amidine groups is 4. The van der Waals surface area contributed by atoms with Gasteiger partial charge in [-0.1, -0.05) is 48.6 Å². The Kier molecular flexibility index (Phi) is 30.4. The maximum Gasteiger partial charge on any atom is 0.300 e. The lowest BCUT2D eigenvalue weighted by Crippen LogP contribution is -2.29. The van der Waals surface area contributed by atoms with Crippen LogP contribution in [0, 0.1) is 45.3 Å². The molecule has 0 spiro atoms. The van der Waals surface area contributed by atoms with Crippen molar-refractivity contribution in [1.29, 1.82) is 21.6 Å². The van der Waals surface area contributed by atoms with Gasteiger partial charge in [-0.15, -0.1) is 0 Å². The molecule has 8 N–H and O–H groups in total. The highest BCUT2D eigenvalue weighted by Gasteiger charge is 2.31. The van der Waals surface area contributed by atoms with E-state index in [2.05, 4.69) is 92.4 Å². The summed E-state index contributed by atoms with van der Waals surface area (Å²) < 4.78 is 25.0. The van der Waals surface area contributed by atoms with Crippen molar-refractivity contribution in [2.75, 3.05) is 80.8 Å². The molecule has 4 saturated carbocycles. The standard InChI is InChI=1S/C54H74N8O4.4C2H4O2/c1-59(51(55)43-17-18-43)25-5-29-63-47-33-41(34-48(37-47)64-30-6-26-60(2)52(56)44-19-20-44)15-13-39-9-11-40(12-10-39)14-16-42-35-49(65-31-7-27-61(3)53(57)45-21-22-45)38-50(36-42)66-32-8-28-62(4)54(58)46-23-24-46;4*1-2(3)4/h9-16,33-38,43-46,55-58H,5-8,17-32H2,1-4H3;4*1H3,(H,3,4)/b15-13+,16-14+,55-51?,56-52?,57-53?,58-54?;;;;. The molecule has 0 heterocycles. The SMILES string of the molecule is CC(=O)O.CC(=O)O.CC(=O)O.CC(=O)O.CN(CCCOc1cc(/C=C/c2ccc(/C=C/c3cc(OCCCN(C)C(=N)C4CC4)cc(OCCCN(C)C(=N)C4CC4)c3)cc2)cc(OCCCN(C)C(=N)C2CC2)c1)C(=N)C1CC1. The minimum atomic E-state index is -0.833. The van der Waals surface area contributed by atoms with E-state index in [9.17, 15) is 0 Å². The molecule has 0 aliphatic heterocycles. The highest BCUT2D eigenvalue weighted by atomic mass is 16.5. The molecule has 3 aromatic carbocycles. The molecule has 0 amide bonds. The van der Waals surface area contributed by atoms with Crippen molar-refractivity contribution in [3.05, 3.63) is 82.9 Å². The summed E-state index contributed by atoms with van der Waals surface area (Å²) in [6.45, 7) is 9.73. The minimum Gasteiger partial charge on any atom is -0.493 e. The highest BCUT2D eigenvalue weighted by Crippen LogP contribution is 2.34. The molecule has 0 aromatic heterocycles. The summed E-state index contributed by atoms with van der Waals surface area (Å²) in [5.41, 5.74) is 4.12. The fraction of sp³-hybridized carbons (Fsp3) is 0.516. The van der Waals surface area contributed by atoms with Crippen LogP contribution in [0.15, 0.2) is 60.7 Å². The van der Waals surface area contributed by atoms with Gasteiger partial charge in [-0.3, -0.25) is 40.8 Å². The minimum absolute atomic E-state index is 0.439. The summed E-state index contributed by atoms with van der Waals surface area (Å²) in [6.07, 6.45) is 20.8. The van der Waals surface area contributed by atoms with Crippen LogP contribution in [-0.4, -0.2) is 168 Å². The van der Waals surface area contributed by atoms with E-state index < -0.39 is 23.9 Å². The Morgan fingerprint density at radius 3 is 0.756 bits per heavy atom. The number of benzene rings is 3. The van der Waals surface area contributed by atoms with Gasteiger partial charge in [-0.05, 0) is 124 Å². The molecule has 0 bridgehead atoms. The number of rotatable bonds is 28. The summed E-state index contributed by atoms with van der Waals surface area (Å²) >= 11 is 0. The van der Waals surface area contributed by atoms with Gasteiger partial charge in [-0.25, -0.2) is 0 Å². The third-order valence-electron chi connectivity index (χ3n) is 12.8. The molecule has 0 unspecified atom stereocenters. The van der Waals surface area contributed by atoms with Gasteiger partial charge in [0.1, 0.15) is 23.0 Å². The monoisotopic (exact) mass is 1140 g/mol. The quantitative estimate of drug-likeness (QED) is 0.0145. The number of carboxylic acid groups (broad SMARTS) is 4. The average molecular weight is 1140 g/mol. The molecule has 4 aliphatic carbocycles. The topological polar surface area (TPSA) is 294 Å². The lowest BCUT2D eigenvalue weighted by molar-refractivity contribution is -0.135. The summed E-state index contributed by atoms with van der Waals surface area (Å²) in [4.78, 5) is 44.2. The van der Waals surface area contributed by atoms with Crippen LogP contribution in [0.4, 0.5) is 0 Å². The molecule has 20 nitrogen and oxygen atoms in total. The van der Waals surface area contributed by atoms with Crippen LogP contribution in [0.1, 0.15) is 127 Å². The number of nitrogens with zero attached hydrogens (tertiary/aromatic N) is 4. The Morgan fingerprint density at radius 2 is 0.573 bits per heavy atom. The number of hydrogen-bond donors (Lipinski definition) is 8. The van der Waals surface area contributed by atoms with E-state index in [0.29, 0.717) is 50.1 Å². The van der Waals surface area contributed by atoms with Crippen LogP contribution in [-0.2, 0) is 19.2 Å². The summed E-state index contributed by atoms with van der Waals surface area (Å²) in [7, 11) is 8.02. The van der Waals surface area contributed by atoms with Gasteiger partial charge < -0.3 is 59.0 Å². The molecule has 0 radical (unpaired) electrons. The van der Waals surface area contributed by atoms with E-state index in [-0.39, 0.29) is 0 Å². The van der Waals surface area contributed by atoms with Crippen molar-refractivity contribution >= 4 is 71.5 Å². The van der Waals surface area contributed by atoms with Gasteiger partial charge in [0.2, 0.25) is 0 Å². The molecule has 82 heavy (non-hydrogen) atoms. The lowest BCUT2D eigenvalue weighted by Gasteiger charge is -2.20. The zero-order chi connectivity index (χ0) is 60.7. The predicted molar refractivity (Wildman–Crippen MR) is 323 cm³/mol. The van der Waals surface area contributed by atoms with Gasteiger partial charge in [0.05, 0.1) is 49.8 Å². The summed E-state index contributed by atoms with van der Waals surface area (Å²) in [5, 5.41) is 63.1. The predicted octanol–water partition coefficient (Wildman–Crippen LogP) is 10.7. The number of carboxylic acids is 4. The average Bonchev–Trinajstić information content (AvgIpc) is 4.22. The number of hydrogen-bond acceptors (Lipinski definition) is 12. The Balaban J connectivity index is 0.000000977. The summed E-state index contributed by atoms with van der Waals surface area (Å²) in [6, 6.07) is 20.6. The maximum atomic E-state index is 9.00. The Bertz CT molecular complexity index is 2280. The molecule has 450 valence electrons. The Hall–Kier alpha value is -7.90. The third-order valence-corrected chi connectivity index (χ3v) is 12.8. The molecule has 3 aromatic rings. The van der Waals surface area contributed by atoms with Crippen LogP contribution in [0.25, 0.3) is 24.3 Å². The largest absolute Gasteiger partial charge is 0.493 e. The van der Waals surface area contributed by atoms with Gasteiger partial charge in [0.25, 0.3) is 23.9 Å². The van der Waals surface area contributed by atoms with Crippen LogP contribution >= 0.6 is 0 Å². The van der Waals surface area contributed by atoms with Gasteiger partial charge in [0.15, 0.2) is 0 Å². The smallest absolute Gasteiger partial charge is 0.300 e. The van der Waals surface area contributed by atoms with Crippen LogP contribution in [0.5, 0.6) is 23.0 Å². The van der Waals surface area contributed by atoms with Gasteiger partial charge in [0, 0.05) is 118 Å². The van der Waals surface area contributed by atoms with Gasteiger partial charge in [-0.2, -0.15) is 0 Å². The first-order valence-corrected chi connectivity index (χ1v) is 28.2. The fourth-order valence-corrected chi connectivity index (χ4v) is 7.94. The highest BCUT2D eigenvalue weighted by molar-refractivity contribution is 5.85. The van der Waals surface area contributed by atoms with E-state index >= 15 is 0 Å². The molecule has 4 fully saturated rings. The first kappa shape index (κ1) is 68.4. The maximum absolute atomic E-state index is 9.00. The first-order valence-electron chi connectivity index (χ1n) is 28.2. The molecule has 20 heteroatoms. The van der Waals surface area contributed by atoms with Crippen molar-refractivity contribution < 1.29 is 58.6 Å². The van der Waals surface area contributed by atoms with Crippen LogP contribution in [0.2, 0.25) is 0 Å². The molecule has 0 saturated heterocycles. The van der Waals surface area contributed by atoms with E-state index in [1.54, 1.807) is 0 Å². The fourth-order valence-electron chi connectivity index (χ4n) is 7.94. The molecular weight excluding hydrogens is 1050 g/mol. The third kappa shape index (κ3) is 31.2. The van der Waals surface area contributed by atoms with Crippen LogP contribution in [0.3, 0.4) is 0 Å². The summed E-state index contributed by atoms with van der Waals surface area (Å²) in [5.74, 6) is 4.44. The zero-order valence-corrected chi connectivity index (χ0v) is 49.4. The van der Waals surface area contributed by atoms with Crippen molar-refractivity contribution in [3.8, 4) is 23.0 Å².